The van der Waals surface area contributed by atoms with Gasteiger partial charge in [0.15, 0.2) is 5.69 Å². The molecule has 1 aromatic heterocycles. The van der Waals surface area contributed by atoms with Gasteiger partial charge in [0.25, 0.3) is 0 Å². The maximum atomic E-state index is 12.7. The van der Waals surface area contributed by atoms with Gasteiger partial charge in [-0.15, -0.1) is 0 Å². The number of nitrogens with one attached hydrogen (secondary N) is 1. The summed E-state index contributed by atoms with van der Waals surface area (Å²) >= 11 is 0. The van der Waals surface area contributed by atoms with Crippen molar-refractivity contribution in [2.45, 2.75) is 19.0 Å². The van der Waals surface area contributed by atoms with Gasteiger partial charge >= 0.3 is 6.18 Å². The maximum absolute atomic E-state index is 12.7. The molecule has 2 rings (SSSR count). The van der Waals surface area contributed by atoms with Gasteiger partial charge in [0.05, 0.1) is 6.61 Å². The van der Waals surface area contributed by atoms with Gasteiger partial charge in [0.2, 0.25) is 5.95 Å². The fourth-order valence-electron chi connectivity index (χ4n) is 1.69. The number of nitrogens with zero attached hydrogens (tertiary/aromatic N) is 3. The topological polar surface area (TPSA) is 76.3 Å². The van der Waals surface area contributed by atoms with Gasteiger partial charge in [0.1, 0.15) is 5.82 Å². The smallest absolute Gasteiger partial charge is 0.379 e. The van der Waals surface area contributed by atoms with Gasteiger partial charge in [-0.3, -0.25) is 5.43 Å². The molecule has 1 aromatic rings. The van der Waals surface area contributed by atoms with Crippen molar-refractivity contribution in [2.75, 3.05) is 37.1 Å². The minimum absolute atomic E-state index is 0.139. The van der Waals surface area contributed by atoms with Crippen molar-refractivity contribution in [3.63, 3.8) is 0 Å². The van der Waals surface area contributed by atoms with E-state index in [1.54, 1.807) is 11.9 Å². The molecule has 0 radical (unpaired) electrons. The maximum Gasteiger partial charge on any atom is 0.433 e. The summed E-state index contributed by atoms with van der Waals surface area (Å²) in [6, 6.07) is 0.891. The molecule has 3 N–H and O–H groups in total. The molecule has 21 heavy (non-hydrogen) atoms. The lowest BCUT2D eigenvalue weighted by Crippen LogP contribution is -2.26. The minimum atomic E-state index is -4.55. The first-order chi connectivity index (χ1) is 9.90. The average molecular weight is 305 g/mol. The zero-order chi connectivity index (χ0) is 15.5. The summed E-state index contributed by atoms with van der Waals surface area (Å²) in [4.78, 5) is 8.79. The number of likely N-dealkylation sites (N-methyl/N-ethyl adjacent to an activating group) is 1. The van der Waals surface area contributed by atoms with Crippen molar-refractivity contribution in [1.29, 1.82) is 0 Å². The molecule has 0 unspecified atom stereocenters. The normalized spacial score (nSPS) is 15.1. The van der Waals surface area contributed by atoms with Crippen LogP contribution in [0.15, 0.2) is 6.07 Å². The van der Waals surface area contributed by atoms with Crippen molar-refractivity contribution in [3.05, 3.63) is 11.8 Å². The summed E-state index contributed by atoms with van der Waals surface area (Å²) in [5, 5.41) is 0. The standard InChI is InChI=1S/C12H18F3N5O/c1-20(4-5-21-7-8-2-3-8)10-6-9(12(13,14)15)17-11(18-10)19-16/h6,8H,2-5,7,16H2,1H3,(H,17,18,19). The van der Waals surface area contributed by atoms with Crippen LogP contribution in [-0.4, -0.2) is 36.8 Å². The van der Waals surface area contributed by atoms with E-state index < -0.39 is 11.9 Å². The molecule has 6 nitrogen and oxygen atoms in total. The number of aromatic nitrogens is 2. The van der Waals surface area contributed by atoms with Crippen molar-refractivity contribution >= 4 is 11.8 Å². The van der Waals surface area contributed by atoms with E-state index in [9.17, 15) is 13.2 Å². The highest BCUT2D eigenvalue weighted by Crippen LogP contribution is 2.30. The predicted molar refractivity (Wildman–Crippen MR) is 71.7 cm³/mol. The molecule has 0 aliphatic heterocycles. The van der Waals surface area contributed by atoms with Crippen LogP contribution < -0.4 is 16.2 Å². The number of alkyl halides is 3. The number of hydrogen-bond acceptors (Lipinski definition) is 6. The molecule has 1 fully saturated rings. The van der Waals surface area contributed by atoms with E-state index in [1.807, 2.05) is 5.43 Å². The van der Waals surface area contributed by atoms with Crippen LogP contribution in [0, 0.1) is 5.92 Å². The second-order valence-electron chi connectivity index (χ2n) is 5.02. The van der Waals surface area contributed by atoms with Crippen LogP contribution in [0.25, 0.3) is 0 Å². The highest BCUT2D eigenvalue weighted by Gasteiger charge is 2.34. The summed E-state index contributed by atoms with van der Waals surface area (Å²) < 4.78 is 43.7. The molecule has 1 aliphatic carbocycles. The van der Waals surface area contributed by atoms with E-state index in [0.29, 0.717) is 25.7 Å². The van der Waals surface area contributed by atoms with Crippen LogP contribution in [0.3, 0.4) is 0 Å². The molecule has 0 aromatic carbocycles. The molecule has 0 amide bonds. The lowest BCUT2D eigenvalue weighted by Gasteiger charge is -2.19. The first-order valence-electron chi connectivity index (χ1n) is 6.62. The molecule has 0 saturated heterocycles. The number of rotatable bonds is 7. The lowest BCUT2D eigenvalue weighted by atomic mass is 10.3. The Morgan fingerprint density at radius 1 is 1.43 bits per heavy atom. The molecular weight excluding hydrogens is 287 g/mol. The Hall–Kier alpha value is -1.61. The second kappa shape index (κ2) is 6.44. The number of hydrogen-bond donors (Lipinski definition) is 2. The van der Waals surface area contributed by atoms with Crippen LogP contribution in [-0.2, 0) is 10.9 Å². The van der Waals surface area contributed by atoms with Gasteiger partial charge in [-0.25, -0.2) is 10.8 Å². The molecular formula is C12H18F3N5O. The van der Waals surface area contributed by atoms with E-state index in [1.165, 1.54) is 12.8 Å². The highest BCUT2D eigenvalue weighted by atomic mass is 19.4. The highest BCUT2D eigenvalue weighted by molar-refractivity contribution is 5.44. The minimum Gasteiger partial charge on any atom is -0.379 e. The summed E-state index contributed by atoms with van der Waals surface area (Å²) in [6.07, 6.45) is -2.16. The van der Waals surface area contributed by atoms with Gasteiger partial charge < -0.3 is 9.64 Å². The SMILES string of the molecule is CN(CCOCC1CC1)c1cc(C(F)(F)F)nc(NN)n1. The van der Waals surface area contributed by atoms with Crippen LogP contribution in [0.4, 0.5) is 24.9 Å². The Balaban J connectivity index is 1.98. The van der Waals surface area contributed by atoms with Gasteiger partial charge in [-0.05, 0) is 18.8 Å². The molecule has 1 saturated carbocycles. The van der Waals surface area contributed by atoms with Crippen LogP contribution >= 0.6 is 0 Å². The Kier molecular flexibility index (Phi) is 4.84. The molecule has 1 heterocycles. The van der Waals surface area contributed by atoms with Gasteiger partial charge in [0, 0.05) is 26.3 Å². The lowest BCUT2D eigenvalue weighted by molar-refractivity contribution is -0.141. The van der Waals surface area contributed by atoms with E-state index in [-0.39, 0.29) is 11.8 Å². The number of nitrogen functional groups attached to an aromatic ring is 1. The van der Waals surface area contributed by atoms with Gasteiger partial charge in [-0.1, -0.05) is 0 Å². The zero-order valence-corrected chi connectivity index (χ0v) is 11.7. The predicted octanol–water partition coefficient (Wildman–Crippen LogP) is 1.64. The molecule has 118 valence electrons. The Bertz CT molecular complexity index is 478. The van der Waals surface area contributed by atoms with Crippen LogP contribution in [0.1, 0.15) is 18.5 Å². The Labute approximate surface area is 120 Å². The molecule has 0 bridgehead atoms. The third-order valence-corrected chi connectivity index (χ3v) is 3.14. The van der Waals surface area contributed by atoms with Crippen LogP contribution in [0.2, 0.25) is 0 Å². The van der Waals surface area contributed by atoms with Crippen molar-refractivity contribution in [2.24, 2.45) is 11.8 Å². The van der Waals surface area contributed by atoms with E-state index >= 15 is 0 Å². The Morgan fingerprint density at radius 2 is 2.14 bits per heavy atom. The third kappa shape index (κ3) is 4.71. The summed E-state index contributed by atoms with van der Waals surface area (Å²) in [7, 11) is 1.64. The number of anilines is 2. The van der Waals surface area contributed by atoms with Crippen molar-refractivity contribution in [1.82, 2.24) is 9.97 Å². The third-order valence-electron chi connectivity index (χ3n) is 3.14. The largest absolute Gasteiger partial charge is 0.433 e. The van der Waals surface area contributed by atoms with E-state index in [4.69, 9.17) is 10.6 Å². The van der Waals surface area contributed by atoms with Crippen LogP contribution in [0.5, 0.6) is 0 Å². The molecule has 9 heteroatoms. The second-order valence-corrected chi connectivity index (χ2v) is 5.02. The number of hydrazine groups is 1. The van der Waals surface area contributed by atoms with Crippen molar-refractivity contribution in [3.8, 4) is 0 Å². The molecule has 1 aliphatic rings. The fourth-order valence-corrected chi connectivity index (χ4v) is 1.69. The summed E-state index contributed by atoms with van der Waals surface area (Å²) in [6.45, 7) is 1.58. The average Bonchev–Trinajstić information content (AvgIpc) is 3.26. The van der Waals surface area contributed by atoms with E-state index in [2.05, 4.69) is 9.97 Å². The first kappa shape index (κ1) is 15.8. The number of ether oxygens (including phenoxy) is 1. The zero-order valence-electron chi connectivity index (χ0n) is 11.7. The molecule has 0 spiro atoms. The quantitative estimate of drug-likeness (QED) is 0.453. The molecule has 0 atom stereocenters. The Morgan fingerprint density at radius 3 is 2.71 bits per heavy atom. The first-order valence-corrected chi connectivity index (χ1v) is 6.62. The number of nitrogens with two attached hydrogens (primary N) is 1. The van der Waals surface area contributed by atoms with Crippen molar-refractivity contribution < 1.29 is 17.9 Å². The van der Waals surface area contributed by atoms with E-state index in [0.717, 1.165) is 6.07 Å². The fraction of sp³-hybridized carbons (Fsp3) is 0.667. The number of halogens is 3. The summed E-state index contributed by atoms with van der Waals surface area (Å²) in [5.74, 6) is 5.63. The monoisotopic (exact) mass is 305 g/mol. The van der Waals surface area contributed by atoms with Gasteiger partial charge in [-0.2, -0.15) is 18.2 Å². The summed E-state index contributed by atoms with van der Waals surface area (Å²) in [5.41, 5.74) is 1.01.